The van der Waals surface area contributed by atoms with Crippen molar-refractivity contribution in [2.75, 3.05) is 6.61 Å². The van der Waals surface area contributed by atoms with Gasteiger partial charge in [-0.15, -0.1) is 0 Å². The monoisotopic (exact) mass is 271 g/mol. The molecule has 0 bridgehead atoms. The van der Waals surface area contributed by atoms with Crippen molar-refractivity contribution in [3.8, 4) is 5.75 Å². The third kappa shape index (κ3) is 6.81. The Morgan fingerprint density at radius 2 is 1.94 bits per heavy atom. The van der Waals surface area contributed by atoms with Gasteiger partial charge in [0, 0.05) is 6.20 Å². The first kappa shape index (κ1) is 17.4. The largest absolute Gasteiger partial charge is 1.00 e. The van der Waals surface area contributed by atoms with E-state index in [-0.39, 0.29) is 57.1 Å². The van der Waals surface area contributed by atoms with Crippen LogP contribution >= 0.6 is 0 Å². The van der Waals surface area contributed by atoms with Crippen LogP contribution in [-0.4, -0.2) is 18.6 Å². The van der Waals surface area contributed by atoms with Crippen LogP contribution < -0.4 is 61.6 Å². The number of aromatic nitrogens is 1. The molecule has 7 heteroatoms. The van der Waals surface area contributed by atoms with Crippen LogP contribution in [0.3, 0.4) is 0 Å². The number of unbranched alkanes of at least 4 members (excludes halogenated alkanes) is 2. The topological polar surface area (TPSA) is 22.1 Å². The van der Waals surface area contributed by atoms with Crippen LogP contribution in [0.4, 0.5) is 12.9 Å². The van der Waals surface area contributed by atoms with E-state index in [0.29, 0.717) is 6.61 Å². The molecule has 0 amide bonds. The second-order valence-corrected chi connectivity index (χ2v) is 3.58. The van der Waals surface area contributed by atoms with Crippen molar-refractivity contribution in [3.05, 3.63) is 18.5 Å². The van der Waals surface area contributed by atoms with Gasteiger partial charge < -0.3 is 17.7 Å². The molecule has 0 saturated carbocycles. The van der Waals surface area contributed by atoms with E-state index in [9.17, 15) is 12.9 Å². The molecule has 1 aromatic heterocycles. The second-order valence-electron chi connectivity index (χ2n) is 3.58. The summed E-state index contributed by atoms with van der Waals surface area (Å²) in [5.74, 6) is 0.188. The van der Waals surface area contributed by atoms with Gasteiger partial charge in [0.15, 0.2) is 0 Å². The fourth-order valence-electron chi connectivity index (χ4n) is 1.24. The minimum atomic E-state index is -4.99. The molecule has 0 fully saturated rings. The summed E-state index contributed by atoms with van der Waals surface area (Å²) in [4.78, 5) is 3.52. The zero-order valence-electron chi connectivity index (χ0n) is 10.1. The molecule has 0 aromatic carbocycles. The summed E-state index contributed by atoms with van der Waals surface area (Å²) in [6.07, 6.45) is 5.03. The van der Waals surface area contributed by atoms with Gasteiger partial charge >= 0.3 is 58.4 Å². The van der Waals surface area contributed by atoms with E-state index in [1.807, 2.05) is 6.92 Å². The molecule has 0 saturated heterocycles. The van der Waals surface area contributed by atoms with Crippen LogP contribution in [-0.2, 0) is 0 Å². The average molecular weight is 271 g/mol. The Balaban J connectivity index is 0.00000256. The third-order valence-corrected chi connectivity index (χ3v) is 2.13. The maximum Gasteiger partial charge on any atom is 1.00 e. The number of rotatable bonds is 6. The fourth-order valence-corrected chi connectivity index (χ4v) is 1.24. The van der Waals surface area contributed by atoms with Crippen molar-refractivity contribution in [1.29, 1.82) is 0 Å². The predicted molar refractivity (Wildman–Crippen MR) is 58.0 cm³/mol. The Morgan fingerprint density at radius 1 is 1.24 bits per heavy atom. The Labute approximate surface area is 142 Å². The summed E-state index contributed by atoms with van der Waals surface area (Å²) >= 11 is 0. The van der Waals surface area contributed by atoms with Gasteiger partial charge in [-0.2, -0.15) is 0 Å². The van der Waals surface area contributed by atoms with Crippen molar-refractivity contribution in [3.63, 3.8) is 0 Å². The van der Waals surface area contributed by atoms with E-state index in [0.717, 1.165) is 31.5 Å². The molecule has 0 atom stereocenters. The van der Waals surface area contributed by atoms with Gasteiger partial charge in [-0.3, -0.25) is 4.98 Å². The normalized spacial score (nSPS) is 10.8. The molecule has 0 N–H and O–H groups in total. The number of ether oxygens (including phenoxy) is 1. The molecule has 2 nitrogen and oxygen atoms in total. The Hall–Kier alpha value is 0.441. The Morgan fingerprint density at radius 3 is 2.53 bits per heavy atom. The van der Waals surface area contributed by atoms with Crippen molar-refractivity contribution in [1.82, 2.24) is 4.98 Å². The third-order valence-electron chi connectivity index (χ3n) is 2.13. The number of hydrogen-bond acceptors (Lipinski definition) is 2. The minimum absolute atomic E-state index is 0. The molecular weight excluding hydrogens is 257 g/mol. The standard InChI is InChI=1S/C10H14BF3NO.K/c1-2-3-4-5-16-10-6-9(7-15-8-10)11(12,13)14;/h6-8H,2-5H2,1H3;/q-1;+1. The van der Waals surface area contributed by atoms with Crippen LogP contribution in [0.1, 0.15) is 26.2 Å². The minimum Gasteiger partial charge on any atom is -0.492 e. The van der Waals surface area contributed by atoms with E-state index < -0.39 is 12.4 Å². The second kappa shape index (κ2) is 8.53. The molecule has 0 aliphatic rings. The molecule has 1 rings (SSSR count). The van der Waals surface area contributed by atoms with Gasteiger partial charge in [0.1, 0.15) is 5.75 Å². The fraction of sp³-hybridized carbons (Fsp3) is 0.500. The van der Waals surface area contributed by atoms with Crippen LogP contribution in [0.2, 0.25) is 0 Å². The zero-order valence-corrected chi connectivity index (χ0v) is 13.3. The Bertz CT molecular complexity index is 336. The van der Waals surface area contributed by atoms with Gasteiger partial charge in [-0.05, 0) is 12.5 Å². The predicted octanol–water partition coefficient (Wildman–Crippen LogP) is -0.291. The first-order chi connectivity index (χ1) is 7.54. The molecule has 1 aromatic rings. The van der Waals surface area contributed by atoms with E-state index >= 15 is 0 Å². The average Bonchev–Trinajstić information content (AvgIpc) is 2.24. The van der Waals surface area contributed by atoms with Crippen LogP contribution in [0.15, 0.2) is 18.5 Å². The molecule has 0 radical (unpaired) electrons. The number of nitrogens with zero attached hydrogens (tertiary/aromatic N) is 1. The first-order valence-electron chi connectivity index (χ1n) is 5.31. The van der Waals surface area contributed by atoms with Crippen molar-refractivity contribution in [2.24, 2.45) is 0 Å². The smallest absolute Gasteiger partial charge is 0.492 e. The van der Waals surface area contributed by atoms with E-state index in [1.165, 1.54) is 6.20 Å². The summed E-state index contributed by atoms with van der Waals surface area (Å²) in [6, 6.07) is 0.999. The molecule has 0 aliphatic carbocycles. The summed E-state index contributed by atoms with van der Waals surface area (Å²) < 4.78 is 42.3. The van der Waals surface area contributed by atoms with E-state index in [1.54, 1.807) is 0 Å². The first-order valence-corrected chi connectivity index (χ1v) is 5.31. The number of hydrogen-bond donors (Lipinski definition) is 0. The molecule has 17 heavy (non-hydrogen) atoms. The molecule has 0 aliphatic heterocycles. The van der Waals surface area contributed by atoms with Gasteiger partial charge in [0.05, 0.1) is 12.8 Å². The molecule has 0 spiro atoms. The van der Waals surface area contributed by atoms with E-state index in [4.69, 9.17) is 4.74 Å². The number of halogens is 3. The van der Waals surface area contributed by atoms with Gasteiger partial charge in [-0.1, -0.05) is 25.2 Å². The quantitative estimate of drug-likeness (QED) is 0.524. The van der Waals surface area contributed by atoms with Gasteiger partial charge in [0.2, 0.25) is 0 Å². The van der Waals surface area contributed by atoms with Crippen molar-refractivity contribution in [2.45, 2.75) is 26.2 Å². The van der Waals surface area contributed by atoms with Crippen molar-refractivity contribution < 1.29 is 69.1 Å². The van der Waals surface area contributed by atoms with Gasteiger partial charge in [-0.25, -0.2) is 0 Å². The summed E-state index contributed by atoms with van der Waals surface area (Å²) in [5.41, 5.74) is -0.715. The summed E-state index contributed by atoms with van der Waals surface area (Å²) in [5, 5.41) is 0. The van der Waals surface area contributed by atoms with Gasteiger partial charge in [0.25, 0.3) is 0 Å². The van der Waals surface area contributed by atoms with Crippen LogP contribution in [0.5, 0.6) is 5.75 Å². The maximum absolute atomic E-state index is 12.4. The zero-order chi connectivity index (χ0) is 12.0. The molecule has 1 heterocycles. The van der Waals surface area contributed by atoms with Crippen LogP contribution in [0, 0.1) is 0 Å². The summed E-state index contributed by atoms with van der Waals surface area (Å²) in [7, 11) is 0. The summed E-state index contributed by atoms with van der Waals surface area (Å²) in [6.45, 7) is -2.51. The molecule has 0 unspecified atom stereocenters. The number of pyridine rings is 1. The Kier molecular flexibility index (Phi) is 8.75. The van der Waals surface area contributed by atoms with Crippen LogP contribution in [0.25, 0.3) is 0 Å². The molecular formula is C10H14BF3KNO. The van der Waals surface area contributed by atoms with Crippen molar-refractivity contribution >= 4 is 12.4 Å². The molecule has 90 valence electrons. The SMILES string of the molecule is CCCCCOc1cncc([B-](F)(F)F)c1.[K+]. The maximum atomic E-state index is 12.4. The van der Waals surface area contributed by atoms with E-state index in [2.05, 4.69) is 4.98 Å².